The highest BCUT2D eigenvalue weighted by Crippen LogP contribution is 2.33. The van der Waals surface area contributed by atoms with Crippen LogP contribution in [0.4, 0.5) is 4.39 Å². The van der Waals surface area contributed by atoms with Crippen LogP contribution in [-0.2, 0) is 9.53 Å². The first-order valence-corrected chi connectivity index (χ1v) is 9.57. The number of thioether (sulfide) groups is 1. The molecule has 128 valence electrons. The van der Waals surface area contributed by atoms with Gasteiger partial charge < -0.3 is 4.74 Å². The Balaban J connectivity index is 1.67. The number of carbonyl (C=O) groups excluding carboxylic acids is 1. The van der Waals surface area contributed by atoms with Crippen molar-refractivity contribution >= 4 is 56.2 Å². The van der Waals surface area contributed by atoms with E-state index in [0.29, 0.717) is 25.8 Å². The number of carbonyl (C=O) groups is 1. The van der Waals surface area contributed by atoms with Crippen LogP contribution in [0.2, 0.25) is 0 Å². The number of morpholine rings is 1. The standard InChI is InChI=1S/C16H16BrFN2O2S2/c17-12-2-1-11(13(18)10-12)9-14-15(21)20(16(23)24-14)4-3-19-5-7-22-8-6-19/h1-2,9-10H,3-8H2/b14-9-. The van der Waals surface area contributed by atoms with Crippen LogP contribution < -0.4 is 0 Å². The van der Waals surface area contributed by atoms with Crippen molar-refractivity contribution in [3.05, 3.63) is 39.0 Å². The predicted molar refractivity (Wildman–Crippen MR) is 101 cm³/mol. The Morgan fingerprint density at radius 3 is 2.79 bits per heavy atom. The molecule has 24 heavy (non-hydrogen) atoms. The largest absolute Gasteiger partial charge is 0.379 e. The minimum absolute atomic E-state index is 0.152. The molecule has 4 nitrogen and oxygen atoms in total. The zero-order valence-electron chi connectivity index (χ0n) is 12.8. The smallest absolute Gasteiger partial charge is 0.266 e. The molecule has 0 radical (unpaired) electrons. The van der Waals surface area contributed by atoms with Gasteiger partial charge in [-0.25, -0.2) is 4.39 Å². The maximum absolute atomic E-state index is 14.0. The fourth-order valence-corrected chi connectivity index (χ4v) is 4.15. The van der Waals surface area contributed by atoms with Gasteiger partial charge in [0.1, 0.15) is 10.1 Å². The molecule has 8 heteroatoms. The van der Waals surface area contributed by atoms with Crippen LogP contribution in [-0.4, -0.2) is 59.4 Å². The number of thiocarbonyl (C=S) groups is 1. The summed E-state index contributed by atoms with van der Waals surface area (Å²) in [5, 5.41) is 0. The summed E-state index contributed by atoms with van der Waals surface area (Å²) in [6, 6.07) is 4.76. The number of benzene rings is 1. The van der Waals surface area contributed by atoms with Gasteiger partial charge in [0.05, 0.1) is 18.1 Å². The van der Waals surface area contributed by atoms with E-state index in [2.05, 4.69) is 20.8 Å². The topological polar surface area (TPSA) is 32.8 Å². The highest BCUT2D eigenvalue weighted by molar-refractivity contribution is 9.10. The molecule has 2 heterocycles. The van der Waals surface area contributed by atoms with Crippen LogP contribution in [0.3, 0.4) is 0 Å². The third kappa shape index (κ3) is 4.23. The summed E-state index contributed by atoms with van der Waals surface area (Å²) in [6.45, 7) is 4.49. The number of rotatable bonds is 4. The van der Waals surface area contributed by atoms with E-state index in [4.69, 9.17) is 17.0 Å². The molecule has 0 N–H and O–H groups in total. The summed E-state index contributed by atoms with van der Waals surface area (Å²) < 4.78 is 20.5. The lowest BCUT2D eigenvalue weighted by molar-refractivity contribution is -0.122. The normalized spacial score (nSPS) is 21.1. The van der Waals surface area contributed by atoms with Crippen molar-refractivity contribution < 1.29 is 13.9 Å². The summed E-state index contributed by atoms with van der Waals surface area (Å²) in [4.78, 5) is 16.9. The van der Waals surface area contributed by atoms with E-state index in [1.54, 1.807) is 23.1 Å². The number of hydrogen-bond acceptors (Lipinski definition) is 5. The van der Waals surface area contributed by atoms with Crippen LogP contribution >= 0.6 is 39.9 Å². The molecule has 0 bridgehead atoms. The number of halogens is 2. The highest BCUT2D eigenvalue weighted by atomic mass is 79.9. The van der Waals surface area contributed by atoms with E-state index in [0.717, 1.165) is 32.8 Å². The van der Waals surface area contributed by atoms with E-state index >= 15 is 0 Å². The van der Waals surface area contributed by atoms with Crippen molar-refractivity contribution in [2.75, 3.05) is 39.4 Å². The number of amides is 1. The monoisotopic (exact) mass is 430 g/mol. The SMILES string of the molecule is O=C1/C(=C/c2ccc(Br)cc2F)SC(=S)N1CCN1CCOCC1. The lowest BCUT2D eigenvalue weighted by Crippen LogP contribution is -2.42. The van der Waals surface area contributed by atoms with E-state index in [1.165, 1.54) is 17.8 Å². The molecule has 0 unspecified atom stereocenters. The molecule has 0 aromatic heterocycles. The second-order valence-electron chi connectivity index (χ2n) is 5.45. The van der Waals surface area contributed by atoms with E-state index in [1.807, 2.05) is 0 Å². The first kappa shape index (κ1) is 18.0. The molecule has 2 aliphatic heterocycles. The maximum Gasteiger partial charge on any atom is 0.266 e. The molecular formula is C16H16BrFN2O2S2. The summed E-state index contributed by atoms with van der Waals surface area (Å²) in [7, 11) is 0. The molecule has 0 aliphatic carbocycles. The second-order valence-corrected chi connectivity index (χ2v) is 8.04. The maximum atomic E-state index is 14.0. The molecule has 3 rings (SSSR count). The van der Waals surface area contributed by atoms with Gasteiger partial charge in [0.25, 0.3) is 5.91 Å². The molecule has 1 aromatic rings. The van der Waals surface area contributed by atoms with Gasteiger partial charge in [-0.3, -0.25) is 14.6 Å². The molecule has 2 aliphatic rings. The minimum atomic E-state index is -0.372. The lowest BCUT2D eigenvalue weighted by Gasteiger charge is -2.28. The van der Waals surface area contributed by atoms with Crippen molar-refractivity contribution in [1.82, 2.24) is 9.80 Å². The molecule has 1 amide bonds. The fraction of sp³-hybridized carbons (Fsp3) is 0.375. The molecular weight excluding hydrogens is 415 g/mol. The average molecular weight is 431 g/mol. The van der Waals surface area contributed by atoms with Crippen molar-refractivity contribution in [2.45, 2.75) is 0 Å². The van der Waals surface area contributed by atoms with Crippen LogP contribution in [0.25, 0.3) is 6.08 Å². The Morgan fingerprint density at radius 1 is 1.33 bits per heavy atom. The van der Waals surface area contributed by atoms with Gasteiger partial charge in [-0.15, -0.1) is 0 Å². The molecule has 2 fully saturated rings. The van der Waals surface area contributed by atoms with E-state index < -0.39 is 0 Å². The summed E-state index contributed by atoms with van der Waals surface area (Å²) in [6.07, 6.45) is 1.57. The summed E-state index contributed by atoms with van der Waals surface area (Å²) >= 11 is 9.76. The van der Waals surface area contributed by atoms with Crippen LogP contribution in [0, 0.1) is 5.82 Å². The highest BCUT2D eigenvalue weighted by Gasteiger charge is 2.32. The van der Waals surface area contributed by atoms with Gasteiger partial charge >= 0.3 is 0 Å². The van der Waals surface area contributed by atoms with Crippen molar-refractivity contribution in [1.29, 1.82) is 0 Å². The Hall–Kier alpha value is -0.800. The Morgan fingerprint density at radius 2 is 2.08 bits per heavy atom. The third-order valence-corrected chi connectivity index (χ3v) is 5.74. The molecule has 1 aromatic carbocycles. The van der Waals surface area contributed by atoms with Gasteiger partial charge in [0, 0.05) is 36.2 Å². The first-order chi connectivity index (χ1) is 11.5. The number of nitrogens with zero attached hydrogens (tertiary/aromatic N) is 2. The van der Waals surface area contributed by atoms with Gasteiger partial charge in [-0.05, 0) is 18.2 Å². The zero-order chi connectivity index (χ0) is 17.1. The zero-order valence-corrected chi connectivity index (χ0v) is 16.1. The second kappa shape index (κ2) is 8.05. The van der Waals surface area contributed by atoms with Crippen LogP contribution in [0.1, 0.15) is 5.56 Å². The molecule has 2 saturated heterocycles. The first-order valence-electron chi connectivity index (χ1n) is 7.55. The average Bonchev–Trinajstić information content (AvgIpc) is 2.83. The Bertz CT molecular complexity index is 693. The molecule has 0 spiro atoms. The van der Waals surface area contributed by atoms with Crippen LogP contribution in [0.5, 0.6) is 0 Å². The molecule has 0 saturated carbocycles. The number of ether oxygens (including phenoxy) is 1. The van der Waals surface area contributed by atoms with E-state index in [-0.39, 0.29) is 11.7 Å². The Labute approximate surface area is 158 Å². The molecule has 0 atom stereocenters. The van der Waals surface area contributed by atoms with Crippen molar-refractivity contribution in [2.24, 2.45) is 0 Å². The lowest BCUT2D eigenvalue weighted by atomic mass is 10.2. The Kier molecular flexibility index (Phi) is 6.04. The third-order valence-electron chi connectivity index (χ3n) is 3.87. The van der Waals surface area contributed by atoms with Crippen molar-refractivity contribution in [3.63, 3.8) is 0 Å². The predicted octanol–water partition coefficient (Wildman–Crippen LogP) is 3.12. The van der Waals surface area contributed by atoms with Crippen molar-refractivity contribution in [3.8, 4) is 0 Å². The van der Waals surface area contributed by atoms with Gasteiger partial charge in [-0.2, -0.15) is 0 Å². The van der Waals surface area contributed by atoms with Gasteiger partial charge in [-0.1, -0.05) is 46.0 Å². The quantitative estimate of drug-likeness (QED) is 0.541. The summed E-state index contributed by atoms with van der Waals surface area (Å²) in [5.41, 5.74) is 0.381. The van der Waals surface area contributed by atoms with Gasteiger partial charge in [0.15, 0.2) is 0 Å². The van der Waals surface area contributed by atoms with Gasteiger partial charge in [0.2, 0.25) is 0 Å². The minimum Gasteiger partial charge on any atom is -0.379 e. The van der Waals surface area contributed by atoms with Crippen LogP contribution in [0.15, 0.2) is 27.6 Å². The fourth-order valence-electron chi connectivity index (χ4n) is 2.52. The number of hydrogen-bond donors (Lipinski definition) is 0. The van der Waals surface area contributed by atoms with E-state index in [9.17, 15) is 9.18 Å². The summed E-state index contributed by atoms with van der Waals surface area (Å²) in [5.74, 6) is -0.525.